The maximum atomic E-state index is 12.1. The highest BCUT2D eigenvalue weighted by Gasteiger charge is 2.17. The third-order valence-electron chi connectivity index (χ3n) is 3.65. The zero-order valence-corrected chi connectivity index (χ0v) is 15.4. The number of imide groups is 1. The number of hydrogen-bond acceptors (Lipinski definition) is 6. The minimum absolute atomic E-state index is 0.0713. The van der Waals surface area contributed by atoms with E-state index < -0.39 is 24.5 Å². The van der Waals surface area contributed by atoms with Crippen LogP contribution in [-0.2, 0) is 14.3 Å². The number of carbonyl (C=O) groups is 4. The van der Waals surface area contributed by atoms with Gasteiger partial charge in [0.05, 0.1) is 11.3 Å². The lowest BCUT2D eigenvalue weighted by atomic mass is 10.2. The summed E-state index contributed by atoms with van der Waals surface area (Å²) in [7, 11) is 0. The van der Waals surface area contributed by atoms with Gasteiger partial charge in [-0.2, -0.15) is 0 Å². The molecule has 0 saturated carbocycles. The summed E-state index contributed by atoms with van der Waals surface area (Å²) in [4.78, 5) is 47.8. The summed E-state index contributed by atoms with van der Waals surface area (Å²) in [5.41, 5.74) is 0.757. The van der Waals surface area contributed by atoms with Crippen LogP contribution < -0.4 is 16.0 Å². The topological polar surface area (TPSA) is 114 Å². The minimum Gasteiger partial charge on any atom is -0.452 e. The quantitative estimate of drug-likeness (QED) is 0.674. The maximum absolute atomic E-state index is 12.1. The van der Waals surface area contributed by atoms with Gasteiger partial charge in [-0.25, -0.2) is 9.59 Å². The van der Waals surface area contributed by atoms with Gasteiger partial charge >= 0.3 is 12.0 Å². The smallest absolute Gasteiger partial charge is 0.338 e. The molecule has 0 aliphatic carbocycles. The molecule has 1 aliphatic heterocycles. The molecule has 26 heavy (non-hydrogen) atoms. The number of thioether (sulfide) groups is 1. The first-order valence-corrected chi connectivity index (χ1v) is 9.21. The molecular weight excluding hydrogens is 358 g/mol. The van der Waals surface area contributed by atoms with E-state index in [2.05, 4.69) is 16.0 Å². The molecular formula is C17H21N3O5S. The second kappa shape index (κ2) is 9.23. The molecule has 1 aliphatic rings. The Morgan fingerprint density at radius 1 is 1.35 bits per heavy atom. The summed E-state index contributed by atoms with van der Waals surface area (Å²) in [5.74, 6) is -0.887. The van der Waals surface area contributed by atoms with Gasteiger partial charge < -0.3 is 15.4 Å². The van der Waals surface area contributed by atoms with Crippen LogP contribution in [0.4, 0.5) is 10.5 Å². The summed E-state index contributed by atoms with van der Waals surface area (Å²) in [6.45, 7) is 3.13. The number of anilines is 1. The number of benzene rings is 1. The van der Waals surface area contributed by atoms with E-state index in [1.165, 1.54) is 17.8 Å². The fourth-order valence-electron chi connectivity index (χ4n) is 2.09. The molecule has 1 atom stereocenters. The first-order valence-electron chi connectivity index (χ1n) is 8.23. The number of carbonyl (C=O) groups excluding carboxylic acids is 4. The molecule has 2 rings (SSSR count). The van der Waals surface area contributed by atoms with E-state index >= 15 is 0 Å². The fraction of sp³-hybridized carbons (Fsp3) is 0.412. The monoisotopic (exact) mass is 379 g/mol. The van der Waals surface area contributed by atoms with Crippen molar-refractivity contribution in [3.05, 3.63) is 23.8 Å². The number of hydrogen-bond donors (Lipinski definition) is 3. The molecule has 1 aromatic carbocycles. The number of esters is 1. The summed E-state index contributed by atoms with van der Waals surface area (Å²) >= 11 is 1.52. The Bertz CT molecular complexity index is 722. The predicted molar refractivity (Wildman–Crippen MR) is 97.1 cm³/mol. The van der Waals surface area contributed by atoms with Crippen LogP contribution in [0.2, 0.25) is 0 Å². The molecule has 0 aromatic heterocycles. The lowest BCUT2D eigenvalue weighted by Gasteiger charge is -2.12. The van der Waals surface area contributed by atoms with E-state index in [1.54, 1.807) is 19.1 Å². The van der Waals surface area contributed by atoms with E-state index in [-0.39, 0.29) is 17.5 Å². The fourth-order valence-corrected chi connectivity index (χ4v) is 3.02. The van der Waals surface area contributed by atoms with Gasteiger partial charge in [-0.05, 0) is 31.5 Å². The second-order valence-corrected chi connectivity index (χ2v) is 6.90. The maximum Gasteiger partial charge on any atom is 0.338 e. The average Bonchev–Trinajstić information content (AvgIpc) is 2.79. The van der Waals surface area contributed by atoms with E-state index in [0.29, 0.717) is 17.9 Å². The Hall–Kier alpha value is -2.55. The molecule has 0 spiro atoms. The summed E-state index contributed by atoms with van der Waals surface area (Å²) in [6, 6.07) is 4.10. The second-order valence-electron chi connectivity index (χ2n) is 5.76. The minimum atomic E-state index is -0.724. The normalized spacial score (nSPS) is 14.3. The molecule has 1 heterocycles. The lowest BCUT2D eigenvalue weighted by Crippen LogP contribution is -2.44. The third kappa shape index (κ3) is 5.76. The average molecular weight is 379 g/mol. The van der Waals surface area contributed by atoms with Crippen molar-refractivity contribution >= 4 is 41.3 Å². The molecule has 1 aromatic rings. The van der Waals surface area contributed by atoms with Crippen LogP contribution in [0.3, 0.4) is 0 Å². The van der Waals surface area contributed by atoms with Gasteiger partial charge in [0.15, 0.2) is 6.61 Å². The molecule has 0 radical (unpaired) electrons. The van der Waals surface area contributed by atoms with Crippen molar-refractivity contribution < 1.29 is 23.9 Å². The molecule has 140 valence electrons. The Labute approximate surface area is 155 Å². The van der Waals surface area contributed by atoms with Crippen molar-refractivity contribution in [1.82, 2.24) is 10.6 Å². The number of amides is 4. The van der Waals surface area contributed by atoms with Crippen molar-refractivity contribution in [3.63, 3.8) is 0 Å². The summed E-state index contributed by atoms with van der Waals surface area (Å²) in [6.07, 6.45) is 1.13. The molecule has 0 unspecified atom stereocenters. The highest BCUT2D eigenvalue weighted by atomic mass is 32.2. The Morgan fingerprint density at radius 2 is 2.12 bits per heavy atom. The number of nitrogens with one attached hydrogen (secondary N) is 3. The number of fused-ring (bicyclic) bond motifs is 1. The molecule has 0 saturated heterocycles. The van der Waals surface area contributed by atoms with Gasteiger partial charge in [0.25, 0.3) is 5.91 Å². The standard InChI is InChI=1S/C17H21N3O5S/c1-3-10(2)18-17(24)20-15(22)9-25-16(23)11-4-5-13-12(8-11)19-14(21)6-7-26-13/h4-5,8,10H,3,6-7,9H2,1-2H3,(H,19,21)(H2,18,20,22,24)/t10-/m1/s1. The molecule has 0 bridgehead atoms. The molecule has 0 fully saturated rings. The van der Waals surface area contributed by atoms with Crippen molar-refractivity contribution in [2.24, 2.45) is 0 Å². The van der Waals surface area contributed by atoms with Crippen LogP contribution in [0.25, 0.3) is 0 Å². The van der Waals surface area contributed by atoms with E-state index in [0.717, 1.165) is 11.3 Å². The van der Waals surface area contributed by atoms with Crippen LogP contribution in [0.15, 0.2) is 23.1 Å². The lowest BCUT2D eigenvalue weighted by molar-refractivity contribution is -0.123. The van der Waals surface area contributed by atoms with Crippen LogP contribution >= 0.6 is 11.8 Å². The van der Waals surface area contributed by atoms with Crippen molar-refractivity contribution in [3.8, 4) is 0 Å². The number of urea groups is 1. The Morgan fingerprint density at radius 3 is 2.85 bits per heavy atom. The van der Waals surface area contributed by atoms with E-state index in [1.807, 2.05) is 6.92 Å². The Kier molecular flexibility index (Phi) is 7.02. The van der Waals surface area contributed by atoms with Crippen molar-refractivity contribution in [2.45, 2.75) is 37.6 Å². The van der Waals surface area contributed by atoms with E-state index in [4.69, 9.17) is 4.74 Å². The van der Waals surface area contributed by atoms with Gasteiger partial charge in [-0.3, -0.25) is 14.9 Å². The molecule has 4 amide bonds. The van der Waals surface area contributed by atoms with Crippen LogP contribution in [0.1, 0.15) is 37.0 Å². The zero-order chi connectivity index (χ0) is 19.1. The molecule has 9 heteroatoms. The van der Waals surface area contributed by atoms with Gasteiger partial charge in [0.2, 0.25) is 5.91 Å². The van der Waals surface area contributed by atoms with Gasteiger partial charge in [0.1, 0.15) is 0 Å². The predicted octanol–water partition coefficient (Wildman–Crippen LogP) is 1.90. The number of rotatable bonds is 5. The highest BCUT2D eigenvalue weighted by Crippen LogP contribution is 2.31. The number of ether oxygens (including phenoxy) is 1. The first-order chi connectivity index (χ1) is 12.4. The van der Waals surface area contributed by atoms with Crippen LogP contribution in [0.5, 0.6) is 0 Å². The highest BCUT2D eigenvalue weighted by molar-refractivity contribution is 7.99. The largest absolute Gasteiger partial charge is 0.452 e. The molecule has 3 N–H and O–H groups in total. The van der Waals surface area contributed by atoms with Gasteiger partial charge in [-0.1, -0.05) is 6.92 Å². The molecule has 8 nitrogen and oxygen atoms in total. The Balaban J connectivity index is 1.89. The van der Waals surface area contributed by atoms with E-state index in [9.17, 15) is 19.2 Å². The van der Waals surface area contributed by atoms with Crippen LogP contribution in [-0.4, -0.2) is 42.2 Å². The summed E-state index contributed by atoms with van der Waals surface area (Å²) < 4.78 is 4.92. The summed E-state index contributed by atoms with van der Waals surface area (Å²) in [5, 5.41) is 7.39. The van der Waals surface area contributed by atoms with Crippen molar-refractivity contribution in [2.75, 3.05) is 17.7 Å². The SMILES string of the molecule is CC[C@@H](C)NC(=O)NC(=O)COC(=O)c1ccc2c(c1)NC(=O)CCS2. The van der Waals surface area contributed by atoms with Gasteiger partial charge in [0, 0.05) is 23.1 Å². The third-order valence-corrected chi connectivity index (χ3v) is 4.73. The zero-order valence-electron chi connectivity index (χ0n) is 14.6. The van der Waals surface area contributed by atoms with Crippen molar-refractivity contribution in [1.29, 1.82) is 0 Å². The van der Waals surface area contributed by atoms with Crippen LogP contribution in [0, 0.1) is 0 Å². The first kappa shape index (κ1) is 19.8. The van der Waals surface area contributed by atoms with Gasteiger partial charge in [-0.15, -0.1) is 11.8 Å².